The fourth-order valence-electron chi connectivity index (χ4n) is 2.94. The lowest BCUT2D eigenvalue weighted by atomic mass is 10.1. The Labute approximate surface area is 166 Å². The van der Waals surface area contributed by atoms with Crippen molar-refractivity contribution in [3.05, 3.63) is 47.4 Å². The lowest BCUT2D eigenvalue weighted by Gasteiger charge is -2.21. The Kier molecular flexibility index (Phi) is 8.04. The van der Waals surface area contributed by atoms with Crippen LogP contribution in [0.4, 0.5) is 10.6 Å². The van der Waals surface area contributed by atoms with Gasteiger partial charge in [-0.2, -0.15) is 0 Å². The zero-order valence-electron chi connectivity index (χ0n) is 17.2. The molecule has 2 rings (SSSR count). The molecule has 0 aliphatic rings. The number of benzene rings is 1. The van der Waals surface area contributed by atoms with E-state index in [1.54, 1.807) is 18.5 Å². The molecule has 2 aromatic rings. The third-order valence-corrected chi connectivity index (χ3v) is 4.32. The number of esters is 1. The van der Waals surface area contributed by atoms with E-state index in [-0.39, 0.29) is 12.6 Å². The van der Waals surface area contributed by atoms with Gasteiger partial charge in [-0.1, -0.05) is 44.2 Å². The summed E-state index contributed by atoms with van der Waals surface area (Å²) in [6.07, 6.45) is 2.13. The number of rotatable bonds is 9. The summed E-state index contributed by atoms with van der Waals surface area (Å²) in [7, 11) is 1.79. The normalized spacial score (nSPS) is 10.6. The van der Waals surface area contributed by atoms with Crippen molar-refractivity contribution in [3.63, 3.8) is 0 Å². The Morgan fingerprint density at radius 2 is 1.86 bits per heavy atom. The van der Waals surface area contributed by atoms with Crippen molar-refractivity contribution < 1.29 is 14.3 Å². The summed E-state index contributed by atoms with van der Waals surface area (Å²) < 4.78 is 6.98. The number of nitrogens with one attached hydrogen (secondary N) is 1. The average Bonchev–Trinajstić information content (AvgIpc) is 3.01. The van der Waals surface area contributed by atoms with Crippen molar-refractivity contribution >= 4 is 17.8 Å². The zero-order valence-corrected chi connectivity index (χ0v) is 17.2. The molecule has 0 fully saturated rings. The summed E-state index contributed by atoms with van der Waals surface area (Å²) in [5.74, 6) is 0.576. The first-order valence-corrected chi connectivity index (χ1v) is 9.85. The van der Waals surface area contributed by atoms with Crippen molar-refractivity contribution in [1.29, 1.82) is 0 Å². The molecule has 0 aliphatic carbocycles. The van der Waals surface area contributed by atoms with Gasteiger partial charge < -0.3 is 14.6 Å². The fraction of sp³-hybridized carbons (Fsp3) is 0.476. The van der Waals surface area contributed by atoms with Gasteiger partial charge >= 0.3 is 12.0 Å². The SMILES string of the molecule is CCCNC(=O)N(CCC)c1nc(Cc2ccccc2)n(C)c1C(=O)OCC. The number of urea groups is 1. The molecule has 0 atom stereocenters. The molecule has 7 nitrogen and oxygen atoms in total. The van der Waals surface area contributed by atoms with Crippen LogP contribution < -0.4 is 10.2 Å². The maximum atomic E-state index is 12.7. The summed E-state index contributed by atoms with van der Waals surface area (Å²) in [6, 6.07) is 9.66. The summed E-state index contributed by atoms with van der Waals surface area (Å²) in [5.41, 5.74) is 1.38. The predicted molar refractivity (Wildman–Crippen MR) is 110 cm³/mol. The second-order valence-corrected chi connectivity index (χ2v) is 6.53. The molecule has 0 radical (unpaired) electrons. The minimum atomic E-state index is -0.476. The number of ether oxygens (including phenoxy) is 1. The van der Waals surface area contributed by atoms with E-state index < -0.39 is 5.97 Å². The van der Waals surface area contributed by atoms with Crippen LogP contribution in [-0.2, 0) is 18.2 Å². The van der Waals surface area contributed by atoms with Gasteiger partial charge in [0.15, 0.2) is 11.5 Å². The summed E-state index contributed by atoms with van der Waals surface area (Å²) in [4.78, 5) is 31.6. The Morgan fingerprint density at radius 1 is 1.14 bits per heavy atom. The van der Waals surface area contributed by atoms with E-state index in [0.29, 0.717) is 36.8 Å². The third kappa shape index (κ3) is 5.12. The highest BCUT2D eigenvalue weighted by atomic mass is 16.5. The number of hydrogen-bond donors (Lipinski definition) is 1. The quantitative estimate of drug-likeness (QED) is 0.669. The van der Waals surface area contributed by atoms with Crippen LogP contribution in [0.5, 0.6) is 0 Å². The molecule has 1 heterocycles. The number of nitrogens with zero attached hydrogens (tertiary/aromatic N) is 3. The van der Waals surface area contributed by atoms with Gasteiger partial charge in [0.2, 0.25) is 0 Å². The number of imidazole rings is 1. The van der Waals surface area contributed by atoms with Gasteiger partial charge in [-0.3, -0.25) is 4.90 Å². The smallest absolute Gasteiger partial charge is 0.358 e. The van der Waals surface area contributed by atoms with Crippen LogP contribution in [0.1, 0.15) is 55.5 Å². The van der Waals surface area contributed by atoms with Gasteiger partial charge in [0.25, 0.3) is 0 Å². The molecule has 0 bridgehead atoms. The van der Waals surface area contributed by atoms with Gasteiger partial charge in [0.05, 0.1) is 6.61 Å². The predicted octanol–water partition coefficient (Wildman–Crippen LogP) is 3.52. The van der Waals surface area contributed by atoms with E-state index in [4.69, 9.17) is 4.74 Å². The first kappa shape index (κ1) is 21.5. The molecule has 0 aliphatic heterocycles. The Bertz CT molecular complexity index is 786. The highest BCUT2D eigenvalue weighted by Crippen LogP contribution is 2.24. The van der Waals surface area contributed by atoms with Crippen molar-refractivity contribution in [2.24, 2.45) is 7.05 Å². The number of hydrogen-bond acceptors (Lipinski definition) is 4. The van der Waals surface area contributed by atoms with Gasteiger partial charge in [-0.25, -0.2) is 14.6 Å². The molecule has 1 aromatic heterocycles. The largest absolute Gasteiger partial charge is 0.461 e. The van der Waals surface area contributed by atoms with E-state index in [2.05, 4.69) is 10.3 Å². The molecule has 0 saturated carbocycles. The van der Waals surface area contributed by atoms with Crippen LogP contribution in [0.25, 0.3) is 0 Å². The van der Waals surface area contributed by atoms with Crippen molar-refractivity contribution in [1.82, 2.24) is 14.9 Å². The second kappa shape index (κ2) is 10.5. The van der Waals surface area contributed by atoms with Gasteiger partial charge in [-0.05, 0) is 25.3 Å². The fourth-order valence-corrected chi connectivity index (χ4v) is 2.94. The summed E-state index contributed by atoms with van der Waals surface area (Å²) in [5, 5.41) is 2.88. The average molecular weight is 386 g/mol. The lowest BCUT2D eigenvalue weighted by Crippen LogP contribution is -2.42. The maximum Gasteiger partial charge on any atom is 0.358 e. The highest BCUT2D eigenvalue weighted by Gasteiger charge is 2.29. The molecule has 28 heavy (non-hydrogen) atoms. The van der Waals surface area contributed by atoms with E-state index in [0.717, 1.165) is 18.4 Å². The molecule has 7 heteroatoms. The molecule has 0 unspecified atom stereocenters. The minimum Gasteiger partial charge on any atom is -0.461 e. The summed E-state index contributed by atoms with van der Waals surface area (Å²) in [6.45, 7) is 7.02. The number of aromatic nitrogens is 2. The second-order valence-electron chi connectivity index (χ2n) is 6.53. The van der Waals surface area contributed by atoms with Crippen molar-refractivity contribution in [2.75, 3.05) is 24.6 Å². The number of carbonyl (C=O) groups is 2. The lowest BCUT2D eigenvalue weighted by molar-refractivity contribution is 0.0516. The van der Waals surface area contributed by atoms with Crippen LogP contribution in [-0.4, -0.2) is 41.2 Å². The number of carbonyl (C=O) groups excluding carboxylic acids is 2. The van der Waals surface area contributed by atoms with Crippen LogP contribution in [0.2, 0.25) is 0 Å². The topological polar surface area (TPSA) is 76.5 Å². The van der Waals surface area contributed by atoms with Gasteiger partial charge in [0, 0.05) is 26.6 Å². The van der Waals surface area contributed by atoms with Gasteiger partial charge in [0.1, 0.15) is 5.82 Å². The van der Waals surface area contributed by atoms with Crippen LogP contribution in [0, 0.1) is 0 Å². The zero-order chi connectivity index (χ0) is 20.5. The van der Waals surface area contributed by atoms with Crippen LogP contribution in [0.15, 0.2) is 30.3 Å². The Hall–Kier alpha value is -2.83. The molecule has 0 spiro atoms. The molecular weight excluding hydrogens is 356 g/mol. The standard InChI is InChI=1S/C21H30N4O3/c1-5-13-22-21(27)25(14-6-2)19-18(20(26)28-7-3)24(4)17(23-19)15-16-11-9-8-10-12-16/h8-12H,5-7,13-15H2,1-4H3,(H,22,27). The molecule has 1 aromatic carbocycles. The molecule has 1 N–H and O–H groups in total. The first-order chi connectivity index (χ1) is 13.5. The van der Waals surface area contributed by atoms with E-state index >= 15 is 0 Å². The highest BCUT2D eigenvalue weighted by molar-refractivity contribution is 6.00. The Balaban J connectivity index is 2.47. The molecular formula is C21H30N4O3. The first-order valence-electron chi connectivity index (χ1n) is 9.85. The number of anilines is 1. The van der Waals surface area contributed by atoms with E-state index in [1.807, 2.05) is 44.2 Å². The monoisotopic (exact) mass is 386 g/mol. The van der Waals surface area contributed by atoms with E-state index in [1.165, 1.54) is 4.90 Å². The minimum absolute atomic E-state index is 0.251. The summed E-state index contributed by atoms with van der Waals surface area (Å²) >= 11 is 0. The Morgan fingerprint density at radius 3 is 2.46 bits per heavy atom. The van der Waals surface area contributed by atoms with Crippen molar-refractivity contribution in [2.45, 2.75) is 40.0 Å². The van der Waals surface area contributed by atoms with Crippen LogP contribution >= 0.6 is 0 Å². The molecule has 152 valence electrons. The maximum absolute atomic E-state index is 12.7. The molecule has 0 saturated heterocycles. The van der Waals surface area contributed by atoms with Crippen molar-refractivity contribution in [3.8, 4) is 0 Å². The molecule has 2 amide bonds. The van der Waals surface area contributed by atoms with Gasteiger partial charge in [-0.15, -0.1) is 0 Å². The van der Waals surface area contributed by atoms with Crippen LogP contribution in [0.3, 0.4) is 0 Å². The van der Waals surface area contributed by atoms with E-state index in [9.17, 15) is 9.59 Å². The number of amides is 2. The third-order valence-electron chi connectivity index (χ3n) is 4.32.